The molecule has 0 heterocycles. The summed E-state index contributed by atoms with van der Waals surface area (Å²) in [5.41, 5.74) is 25.5. The maximum absolute atomic E-state index is 2.57. The molecule has 1 atom stereocenters. The molecule has 1 heteroatoms. The Bertz CT molecular complexity index is 2740. The molecule has 0 radical (unpaired) electrons. The lowest BCUT2D eigenvalue weighted by Crippen LogP contribution is -2.27. The van der Waals surface area contributed by atoms with Crippen molar-refractivity contribution in [1.29, 1.82) is 0 Å². The molecular formula is C55H49N. The minimum Gasteiger partial charge on any atom is -0.310 e. The highest BCUT2D eigenvalue weighted by Crippen LogP contribution is 2.64. The van der Waals surface area contributed by atoms with Crippen LogP contribution in [0.25, 0.3) is 33.4 Å². The molecule has 1 spiro atoms. The summed E-state index contributed by atoms with van der Waals surface area (Å²) in [5, 5.41) is 0. The standard InChI is InChI=1S/C55H49N/c1-33-27-34(2)51-50(28-33)52(3,4)32-55(51)46-20-14-11-17-40(46)43-26-23-37(31-49(43)55)56(35-21-24-41-38-15-9-12-18-44(38)53(5,6)47(41)29-35)36-22-25-42-39-16-10-13-19-45(39)54(7,8)48(42)30-36/h9-31H,32H2,1-8H3. The largest absolute Gasteiger partial charge is 0.310 e. The minimum atomic E-state index is -0.229. The van der Waals surface area contributed by atoms with Gasteiger partial charge in [-0.1, -0.05) is 150 Å². The van der Waals surface area contributed by atoms with Crippen LogP contribution in [0.5, 0.6) is 0 Å². The van der Waals surface area contributed by atoms with E-state index in [9.17, 15) is 0 Å². The highest BCUT2D eigenvalue weighted by atomic mass is 15.1. The van der Waals surface area contributed by atoms with Crippen LogP contribution in [0.15, 0.2) is 140 Å². The van der Waals surface area contributed by atoms with Gasteiger partial charge in [-0.15, -0.1) is 0 Å². The third-order valence-corrected chi connectivity index (χ3v) is 14.4. The minimum absolute atomic E-state index is 0.0255. The molecule has 7 aromatic carbocycles. The Labute approximate surface area is 332 Å². The van der Waals surface area contributed by atoms with Crippen LogP contribution in [-0.4, -0.2) is 0 Å². The Morgan fingerprint density at radius 3 is 1.32 bits per heavy atom. The first-order chi connectivity index (χ1) is 26.8. The SMILES string of the molecule is Cc1cc(C)c2c(c1)C(C)(C)CC21c2ccccc2-c2ccc(N(c3ccc4c(c3)C(C)(C)c3ccccc3-4)c3ccc4c(c3)C(C)(C)c3ccccc3-4)cc21. The maximum Gasteiger partial charge on any atom is 0.0478 e. The molecule has 0 amide bonds. The fourth-order valence-electron chi connectivity index (χ4n) is 12.0. The quantitative estimate of drug-likeness (QED) is 0.175. The van der Waals surface area contributed by atoms with Gasteiger partial charge >= 0.3 is 0 Å². The van der Waals surface area contributed by atoms with Crippen LogP contribution in [0.4, 0.5) is 17.1 Å². The number of benzene rings is 7. The van der Waals surface area contributed by atoms with Crippen molar-refractivity contribution in [3.05, 3.63) is 195 Å². The van der Waals surface area contributed by atoms with Crippen molar-refractivity contribution >= 4 is 17.1 Å². The van der Waals surface area contributed by atoms with E-state index in [0.717, 1.165) is 6.42 Å². The normalized spacial score (nSPS) is 19.1. The molecule has 11 rings (SSSR count). The molecule has 0 saturated heterocycles. The average Bonchev–Trinajstić information content (AvgIpc) is 3.77. The molecular weight excluding hydrogens is 675 g/mol. The van der Waals surface area contributed by atoms with Crippen LogP contribution in [0.2, 0.25) is 0 Å². The topological polar surface area (TPSA) is 3.24 Å². The van der Waals surface area contributed by atoms with Crippen molar-refractivity contribution in [2.45, 2.75) is 83.5 Å². The molecule has 4 aliphatic rings. The molecule has 0 fully saturated rings. The summed E-state index contributed by atoms with van der Waals surface area (Å²) in [6.07, 6.45) is 1.05. The Balaban J connectivity index is 1.17. The lowest BCUT2D eigenvalue weighted by atomic mass is 9.70. The van der Waals surface area contributed by atoms with Gasteiger partial charge in [-0.25, -0.2) is 0 Å². The predicted octanol–water partition coefficient (Wildman–Crippen LogP) is 14.4. The smallest absolute Gasteiger partial charge is 0.0478 e. The maximum atomic E-state index is 2.57. The van der Waals surface area contributed by atoms with E-state index in [0.29, 0.717) is 0 Å². The van der Waals surface area contributed by atoms with Gasteiger partial charge in [0, 0.05) is 33.3 Å². The summed E-state index contributed by atoms with van der Waals surface area (Å²) in [4.78, 5) is 2.55. The molecule has 1 unspecified atom stereocenters. The van der Waals surface area contributed by atoms with E-state index in [1.54, 1.807) is 0 Å². The summed E-state index contributed by atoms with van der Waals surface area (Å²) < 4.78 is 0. The Hall–Kier alpha value is -5.66. The molecule has 7 aromatic rings. The summed E-state index contributed by atoms with van der Waals surface area (Å²) in [6, 6.07) is 53.9. The molecule has 0 aromatic heterocycles. The van der Waals surface area contributed by atoms with Crippen LogP contribution in [0.3, 0.4) is 0 Å². The molecule has 0 bridgehead atoms. The Morgan fingerprint density at radius 2 is 0.804 bits per heavy atom. The van der Waals surface area contributed by atoms with Crippen molar-refractivity contribution in [3.63, 3.8) is 0 Å². The number of fused-ring (bicyclic) bond motifs is 13. The second-order valence-electron chi connectivity index (χ2n) is 18.9. The van der Waals surface area contributed by atoms with E-state index < -0.39 is 0 Å². The van der Waals surface area contributed by atoms with Crippen LogP contribution in [0.1, 0.15) is 104 Å². The van der Waals surface area contributed by atoms with Crippen molar-refractivity contribution in [3.8, 4) is 33.4 Å². The first-order valence-electron chi connectivity index (χ1n) is 20.5. The van der Waals surface area contributed by atoms with E-state index in [4.69, 9.17) is 0 Å². The Kier molecular flexibility index (Phi) is 6.62. The highest BCUT2D eigenvalue weighted by Gasteiger charge is 2.55. The zero-order valence-electron chi connectivity index (χ0n) is 33.9. The van der Waals surface area contributed by atoms with Gasteiger partial charge in [-0.05, 0) is 146 Å². The van der Waals surface area contributed by atoms with E-state index >= 15 is 0 Å². The monoisotopic (exact) mass is 723 g/mol. The molecule has 0 aliphatic heterocycles. The van der Waals surface area contributed by atoms with Crippen LogP contribution in [-0.2, 0) is 21.7 Å². The zero-order chi connectivity index (χ0) is 38.5. The van der Waals surface area contributed by atoms with Crippen molar-refractivity contribution in [2.24, 2.45) is 0 Å². The highest BCUT2D eigenvalue weighted by molar-refractivity contribution is 5.91. The molecule has 0 N–H and O–H groups in total. The van der Waals surface area contributed by atoms with Crippen LogP contribution in [0, 0.1) is 13.8 Å². The van der Waals surface area contributed by atoms with Crippen LogP contribution < -0.4 is 4.90 Å². The second-order valence-corrected chi connectivity index (χ2v) is 18.9. The first kappa shape index (κ1) is 33.7. The summed E-state index contributed by atoms with van der Waals surface area (Å²) >= 11 is 0. The third-order valence-electron chi connectivity index (χ3n) is 14.4. The van der Waals surface area contributed by atoms with Gasteiger partial charge in [0.1, 0.15) is 0 Å². The molecule has 274 valence electrons. The molecule has 1 nitrogen and oxygen atoms in total. The summed E-state index contributed by atoms with van der Waals surface area (Å²) in [6.45, 7) is 19.1. The zero-order valence-corrected chi connectivity index (χ0v) is 33.9. The molecule has 0 saturated carbocycles. The average molecular weight is 724 g/mol. The van der Waals surface area contributed by atoms with Crippen LogP contribution >= 0.6 is 0 Å². The molecule has 4 aliphatic carbocycles. The van der Waals surface area contributed by atoms with E-state index in [1.165, 1.54) is 106 Å². The summed E-state index contributed by atoms with van der Waals surface area (Å²) in [7, 11) is 0. The number of hydrogen-bond donors (Lipinski definition) is 0. The lowest BCUT2D eigenvalue weighted by molar-refractivity contribution is 0.449. The Morgan fingerprint density at radius 1 is 0.393 bits per heavy atom. The number of anilines is 3. The number of nitrogens with zero attached hydrogens (tertiary/aromatic N) is 1. The lowest BCUT2D eigenvalue weighted by Gasteiger charge is -2.33. The van der Waals surface area contributed by atoms with E-state index in [-0.39, 0.29) is 21.7 Å². The number of aryl methyl sites for hydroxylation is 2. The second kappa shape index (κ2) is 11.0. The van der Waals surface area contributed by atoms with Gasteiger partial charge in [0.15, 0.2) is 0 Å². The predicted molar refractivity (Wildman–Crippen MR) is 235 cm³/mol. The van der Waals surface area contributed by atoms with Gasteiger partial charge in [-0.3, -0.25) is 0 Å². The third kappa shape index (κ3) is 4.21. The van der Waals surface area contributed by atoms with Gasteiger partial charge in [0.25, 0.3) is 0 Å². The first-order valence-corrected chi connectivity index (χ1v) is 20.5. The van der Waals surface area contributed by atoms with Crippen molar-refractivity contribution in [2.75, 3.05) is 4.90 Å². The van der Waals surface area contributed by atoms with Gasteiger partial charge in [0.05, 0.1) is 0 Å². The number of rotatable bonds is 3. The van der Waals surface area contributed by atoms with E-state index in [1.807, 2.05) is 0 Å². The van der Waals surface area contributed by atoms with E-state index in [2.05, 4.69) is 200 Å². The fraction of sp³-hybridized carbons (Fsp3) is 0.236. The van der Waals surface area contributed by atoms with Gasteiger partial charge < -0.3 is 4.90 Å². The summed E-state index contributed by atoms with van der Waals surface area (Å²) in [5.74, 6) is 0. The molecule has 56 heavy (non-hydrogen) atoms. The van der Waals surface area contributed by atoms with Gasteiger partial charge in [0.2, 0.25) is 0 Å². The number of hydrogen-bond acceptors (Lipinski definition) is 1. The van der Waals surface area contributed by atoms with Crippen molar-refractivity contribution < 1.29 is 0 Å². The van der Waals surface area contributed by atoms with Crippen molar-refractivity contribution in [1.82, 2.24) is 0 Å². The van der Waals surface area contributed by atoms with Gasteiger partial charge in [-0.2, -0.15) is 0 Å². The fourth-order valence-corrected chi connectivity index (χ4v) is 12.0.